The Balaban J connectivity index is 1.22. The molecule has 0 saturated carbocycles. The van der Waals surface area contributed by atoms with E-state index in [2.05, 4.69) is 10.3 Å². The molecular formula is C34H31FN4O5S. The number of halogens is 1. The van der Waals surface area contributed by atoms with Crippen molar-refractivity contribution in [2.45, 2.75) is 36.7 Å². The van der Waals surface area contributed by atoms with Gasteiger partial charge in [-0.25, -0.2) is 12.8 Å². The summed E-state index contributed by atoms with van der Waals surface area (Å²) in [4.78, 5) is 46.2. The number of hydrogen-bond acceptors (Lipinski definition) is 6. The molecule has 0 radical (unpaired) electrons. The number of ketones is 1. The molecule has 1 N–H and O–H groups in total. The molecule has 2 amide bonds. The number of carbonyl (C=O) groups excluding carboxylic acids is 3. The first-order valence-corrected chi connectivity index (χ1v) is 16.2. The van der Waals surface area contributed by atoms with Crippen molar-refractivity contribution in [1.29, 1.82) is 0 Å². The zero-order valence-electron chi connectivity index (χ0n) is 24.3. The highest BCUT2D eigenvalue weighted by Crippen LogP contribution is 2.33. The number of nitrogens with zero attached hydrogens (tertiary/aromatic N) is 3. The van der Waals surface area contributed by atoms with Crippen LogP contribution >= 0.6 is 0 Å². The van der Waals surface area contributed by atoms with Gasteiger partial charge in [0.05, 0.1) is 18.3 Å². The second kappa shape index (κ2) is 12.7. The number of aromatic nitrogens is 1. The maximum absolute atomic E-state index is 14.1. The van der Waals surface area contributed by atoms with Crippen molar-refractivity contribution in [2.24, 2.45) is 0 Å². The first kappa shape index (κ1) is 30.3. The summed E-state index contributed by atoms with van der Waals surface area (Å²) in [7, 11) is -3.89. The summed E-state index contributed by atoms with van der Waals surface area (Å²) < 4.78 is 41.5. The van der Waals surface area contributed by atoms with Crippen molar-refractivity contribution in [3.63, 3.8) is 0 Å². The zero-order chi connectivity index (χ0) is 31.6. The van der Waals surface area contributed by atoms with Crippen molar-refractivity contribution in [2.75, 3.05) is 13.1 Å². The average molecular weight is 627 g/mol. The summed E-state index contributed by atoms with van der Waals surface area (Å²) in [6.07, 6.45) is 1.84. The summed E-state index contributed by atoms with van der Waals surface area (Å²) in [5.74, 6) is -2.15. The lowest BCUT2D eigenvalue weighted by molar-refractivity contribution is -0.138. The number of amides is 2. The van der Waals surface area contributed by atoms with Gasteiger partial charge in [0.25, 0.3) is 5.91 Å². The number of nitrogens with one attached hydrogen (secondary N) is 1. The average Bonchev–Trinajstić information content (AvgIpc) is 3.63. The highest BCUT2D eigenvalue weighted by molar-refractivity contribution is 7.88. The Morgan fingerprint density at radius 3 is 2.29 bits per heavy atom. The van der Waals surface area contributed by atoms with Crippen LogP contribution in [0.2, 0.25) is 0 Å². The summed E-state index contributed by atoms with van der Waals surface area (Å²) in [6, 6.07) is 24.6. The maximum Gasteiger partial charge on any atom is 0.251 e. The van der Waals surface area contributed by atoms with Gasteiger partial charge >= 0.3 is 0 Å². The van der Waals surface area contributed by atoms with Crippen LogP contribution in [-0.2, 0) is 31.8 Å². The molecule has 3 atom stereocenters. The smallest absolute Gasteiger partial charge is 0.251 e. The molecule has 0 aliphatic carbocycles. The Hall–Kier alpha value is -4.74. The van der Waals surface area contributed by atoms with Crippen LogP contribution in [0.25, 0.3) is 11.1 Å². The van der Waals surface area contributed by atoms with Gasteiger partial charge in [0.2, 0.25) is 15.9 Å². The van der Waals surface area contributed by atoms with E-state index < -0.39 is 45.8 Å². The molecule has 3 aromatic carbocycles. The second-order valence-corrected chi connectivity index (χ2v) is 13.1. The number of rotatable bonds is 9. The minimum absolute atomic E-state index is 0.0523. The minimum Gasteiger partial charge on any atom is -0.340 e. The number of likely N-dealkylation sites (tertiary alicyclic amines) is 1. The van der Waals surface area contributed by atoms with Gasteiger partial charge < -0.3 is 10.2 Å². The Kier molecular flexibility index (Phi) is 8.55. The Morgan fingerprint density at radius 1 is 0.911 bits per heavy atom. The number of hydrogen-bond donors (Lipinski definition) is 1. The third-order valence-corrected chi connectivity index (χ3v) is 10.1. The Labute approximate surface area is 260 Å². The van der Waals surface area contributed by atoms with E-state index in [0.29, 0.717) is 16.8 Å². The van der Waals surface area contributed by atoms with Crippen LogP contribution in [-0.4, -0.2) is 71.4 Å². The summed E-state index contributed by atoms with van der Waals surface area (Å²) >= 11 is 0. The number of carbonyl (C=O) groups is 3. The first-order chi connectivity index (χ1) is 21.7. The van der Waals surface area contributed by atoms with Crippen LogP contribution in [0.3, 0.4) is 0 Å². The number of Topliss-reactive ketones (excluding diaryl/α,β-unsaturated/α-hetero) is 1. The largest absolute Gasteiger partial charge is 0.340 e. The van der Waals surface area contributed by atoms with Gasteiger partial charge in [-0.15, -0.1) is 0 Å². The topological polar surface area (TPSA) is 117 Å². The van der Waals surface area contributed by atoms with E-state index in [-0.39, 0.29) is 37.5 Å². The van der Waals surface area contributed by atoms with Crippen LogP contribution in [0, 0.1) is 5.82 Å². The fourth-order valence-electron chi connectivity index (χ4n) is 6.08. The highest BCUT2D eigenvalue weighted by Gasteiger charge is 2.54. The van der Waals surface area contributed by atoms with Crippen molar-refractivity contribution in [1.82, 2.24) is 19.5 Å². The molecule has 2 aliphatic rings. The van der Waals surface area contributed by atoms with Gasteiger partial charge in [-0.2, -0.15) is 4.31 Å². The maximum atomic E-state index is 14.1. The van der Waals surface area contributed by atoms with E-state index in [0.717, 1.165) is 11.1 Å². The molecule has 2 fully saturated rings. The van der Waals surface area contributed by atoms with Crippen LogP contribution in [0.15, 0.2) is 103 Å². The van der Waals surface area contributed by atoms with E-state index in [1.165, 1.54) is 39.7 Å². The normalized spacial score (nSPS) is 18.9. The van der Waals surface area contributed by atoms with Gasteiger partial charge in [0.1, 0.15) is 23.7 Å². The van der Waals surface area contributed by atoms with E-state index in [4.69, 9.17) is 0 Å². The summed E-state index contributed by atoms with van der Waals surface area (Å²) in [5, 5.41) is 2.83. The molecule has 9 nitrogen and oxygen atoms in total. The summed E-state index contributed by atoms with van der Waals surface area (Å²) in [5.41, 5.74) is 3.24. The molecule has 45 heavy (non-hydrogen) atoms. The van der Waals surface area contributed by atoms with Crippen molar-refractivity contribution in [3.05, 3.63) is 126 Å². The predicted molar refractivity (Wildman–Crippen MR) is 166 cm³/mol. The molecule has 11 heteroatoms. The number of benzene rings is 3. The molecule has 3 unspecified atom stereocenters. The van der Waals surface area contributed by atoms with E-state index in [1.54, 1.807) is 30.3 Å². The molecule has 230 valence electrons. The van der Waals surface area contributed by atoms with Crippen LogP contribution in [0.5, 0.6) is 0 Å². The van der Waals surface area contributed by atoms with Crippen LogP contribution in [0.4, 0.5) is 4.39 Å². The first-order valence-electron chi connectivity index (χ1n) is 14.6. The molecule has 6 rings (SSSR count). The lowest BCUT2D eigenvalue weighted by Gasteiger charge is -2.28. The van der Waals surface area contributed by atoms with Crippen molar-refractivity contribution < 1.29 is 27.2 Å². The molecule has 0 spiro atoms. The number of sulfonamides is 1. The van der Waals surface area contributed by atoms with E-state index in [1.807, 2.05) is 42.5 Å². The zero-order valence-corrected chi connectivity index (χ0v) is 25.1. The van der Waals surface area contributed by atoms with E-state index in [9.17, 15) is 27.2 Å². The predicted octanol–water partition coefficient (Wildman–Crippen LogP) is 3.61. The fraction of sp³-hybridized carbons (Fsp3) is 0.235. The van der Waals surface area contributed by atoms with E-state index >= 15 is 0 Å². The van der Waals surface area contributed by atoms with Crippen molar-refractivity contribution in [3.8, 4) is 11.1 Å². The quantitative estimate of drug-likeness (QED) is 0.304. The van der Waals surface area contributed by atoms with Gasteiger partial charge in [0, 0.05) is 24.7 Å². The van der Waals surface area contributed by atoms with Crippen molar-refractivity contribution >= 4 is 27.6 Å². The Bertz CT molecular complexity index is 1800. The van der Waals surface area contributed by atoms with Gasteiger partial charge in [-0.1, -0.05) is 60.7 Å². The molecule has 2 aliphatic heterocycles. The number of pyridine rings is 1. The standard InChI is InChI=1S/C34H31FN4O5S/c35-27-15-9-23(10-16-27)20-29(37-33(41)26-13-11-25(12-14-26)24-6-2-1-3-7-24)34(42)38-19-17-30-32(38)31(40)21-39(30)45(43,44)22-28-8-4-5-18-36-28/h1-16,18,29-30,32H,17,19-22H2,(H,37,41). The van der Waals surface area contributed by atoms with Gasteiger partial charge in [-0.05, 0) is 59.5 Å². The lowest BCUT2D eigenvalue weighted by atomic mass is 10.0. The van der Waals surface area contributed by atoms with Gasteiger partial charge in [0.15, 0.2) is 5.78 Å². The van der Waals surface area contributed by atoms with Crippen LogP contribution in [0.1, 0.15) is 28.0 Å². The molecule has 4 aromatic rings. The minimum atomic E-state index is -3.89. The van der Waals surface area contributed by atoms with Gasteiger partial charge in [-0.3, -0.25) is 19.4 Å². The fourth-order valence-corrected chi connectivity index (χ4v) is 7.75. The third kappa shape index (κ3) is 6.54. The molecule has 3 heterocycles. The molecular weight excluding hydrogens is 595 g/mol. The highest BCUT2D eigenvalue weighted by atomic mass is 32.2. The number of fused-ring (bicyclic) bond motifs is 1. The monoisotopic (exact) mass is 626 g/mol. The molecule has 1 aromatic heterocycles. The second-order valence-electron chi connectivity index (χ2n) is 11.2. The SMILES string of the molecule is O=C(NC(Cc1ccc(F)cc1)C(=O)N1CCC2C1C(=O)CN2S(=O)(=O)Cc1ccccn1)c1ccc(-c2ccccc2)cc1. The lowest BCUT2D eigenvalue weighted by Crippen LogP contribution is -2.53. The third-order valence-electron chi connectivity index (χ3n) is 8.28. The Morgan fingerprint density at radius 2 is 1.60 bits per heavy atom. The molecule has 2 saturated heterocycles. The van der Waals surface area contributed by atoms with Crippen LogP contribution < -0.4 is 5.32 Å². The summed E-state index contributed by atoms with van der Waals surface area (Å²) in [6.45, 7) is -0.186. The molecule has 0 bridgehead atoms.